The molecule has 10 heteroatoms. The Kier molecular flexibility index (Phi) is 7.25. The molecular weight excluding hydrogens is 496 g/mol. The summed E-state index contributed by atoms with van der Waals surface area (Å²) in [5, 5.41) is 9.73. The number of benzene rings is 1. The molecule has 206 valence electrons. The first-order valence-corrected chi connectivity index (χ1v) is 13.5. The zero-order chi connectivity index (χ0) is 27.6. The van der Waals surface area contributed by atoms with Crippen molar-refractivity contribution >= 4 is 23.7 Å². The molecule has 1 aliphatic carbocycles. The van der Waals surface area contributed by atoms with Gasteiger partial charge in [0.05, 0.1) is 5.54 Å². The van der Waals surface area contributed by atoms with Crippen molar-refractivity contribution in [1.29, 1.82) is 5.26 Å². The van der Waals surface area contributed by atoms with Gasteiger partial charge < -0.3 is 29.1 Å². The van der Waals surface area contributed by atoms with Crippen LogP contribution in [0.2, 0.25) is 0 Å². The topological polar surface area (TPSA) is 102 Å². The lowest BCUT2D eigenvalue weighted by Crippen LogP contribution is -2.57. The van der Waals surface area contributed by atoms with Crippen molar-refractivity contribution in [3.05, 3.63) is 53.7 Å². The lowest BCUT2D eigenvalue weighted by atomic mass is 10.1. The highest BCUT2D eigenvalue weighted by Gasteiger charge is 2.53. The van der Waals surface area contributed by atoms with Crippen LogP contribution in [0.1, 0.15) is 44.9 Å². The summed E-state index contributed by atoms with van der Waals surface area (Å²) in [5.41, 5.74) is 1.52. The summed E-state index contributed by atoms with van der Waals surface area (Å²) in [4.78, 5) is 37.9. The molecule has 1 aromatic carbocycles. The van der Waals surface area contributed by atoms with Gasteiger partial charge in [0.1, 0.15) is 29.8 Å². The predicted molar refractivity (Wildman–Crippen MR) is 146 cm³/mol. The maximum absolute atomic E-state index is 12.7. The largest absolute Gasteiger partial charge is 0.445 e. The van der Waals surface area contributed by atoms with Crippen LogP contribution in [0.25, 0.3) is 0 Å². The minimum Gasteiger partial charge on any atom is -0.445 e. The lowest BCUT2D eigenvalue weighted by Gasteiger charge is -2.43. The number of aromatic nitrogens is 1. The highest BCUT2D eigenvalue weighted by atomic mass is 16.6. The number of ether oxygens (including phenoxy) is 2. The van der Waals surface area contributed by atoms with E-state index in [-0.39, 0.29) is 24.3 Å². The third kappa shape index (κ3) is 6.19. The monoisotopic (exact) mass is 532 g/mol. The number of nitrogens with zero attached hydrogens (tertiary/aromatic N) is 6. The number of amides is 2. The van der Waals surface area contributed by atoms with Gasteiger partial charge in [0.2, 0.25) is 0 Å². The SMILES string of the molecule is CC(C)(C)OC(=O)N1CCN(c2cc(N3CCN(C(=O)OCc4ccccc4)CC3)cc(C#N)n2)C2(CC2)C1. The van der Waals surface area contributed by atoms with Gasteiger partial charge in [0, 0.05) is 57.6 Å². The second-order valence-corrected chi connectivity index (χ2v) is 11.5. The molecule has 0 unspecified atom stereocenters. The summed E-state index contributed by atoms with van der Waals surface area (Å²) in [6.45, 7) is 9.95. The quantitative estimate of drug-likeness (QED) is 0.582. The number of anilines is 2. The fourth-order valence-electron chi connectivity index (χ4n) is 5.23. The van der Waals surface area contributed by atoms with E-state index in [1.165, 1.54) is 0 Å². The van der Waals surface area contributed by atoms with Crippen LogP contribution in [0.15, 0.2) is 42.5 Å². The van der Waals surface area contributed by atoms with Crippen LogP contribution in [0.4, 0.5) is 21.1 Å². The van der Waals surface area contributed by atoms with Crippen molar-refractivity contribution < 1.29 is 19.1 Å². The molecule has 2 aromatic rings. The lowest BCUT2D eigenvalue weighted by molar-refractivity contribution is 0.0205. The number of hydrogen-bond donors (Lipinski definition) is 0. The van der Waals surface area contributed by atoms with Crippen molar-refractivity contribution in [2.45, 2.75) is 51.4 Å². The van der Waals surface area contributed by atoms with Gasteiger partial charge in [-0.15, -0.1) is 0 Å². The first kappa shape index (κ1) is 26.6. The third-order valence-corrected chi connectivity index (χ3v) is 7.43. The van der Waals surface area contributed by atoms with E-state index < -0.39 is 5.60 Å². The summed E-state index contributed by atoms with van der Waals surface area (Å²) < 4.78 is 11.1. The summed E-state index contributed by atoms with van der Waals surface area (Å²) in [7, 11) is 0. The van der Waals surface area contributed by atoms with Gasteiger partial charge >= 0.3 is 12.2 Å². The fourth-order valence-corrected chi connectivity index (χ4v) is 5.23. The third-order valence-electron chi connectivity index (χ3n) is 7.43. The normalized spacial score (nSPS) is 18.5. The smallest absolute Gasteiger partial charge is 0.410 e. The van der Waals surface area contributed by atoms with E-state index in [9.17, 15) is 14.9 Å². The molecule has 3 aliphatic rings. The van der Waals surface area contributed by atoms with Gasteiger partial charge in [-0.1, -0.05) is 30.3 Å². The molecule has 1 saturated carbocycles. The zero-order valence-electron chi connectivity index (χ0n) is 22.9. The molecule has 0 N–H and O–H groups in total. The molecule has 0 radical (unpaired) electrons. The van der Waals surface area contributed by atoms with Gasteiger partial charge in [0.25, 0.3) is 0 Å². The van der Waals surface area contributed by atoms with Gasteiger partial charge in [-0.3, -0.25) is 0 Å². The van der Waals surface area contributed by atoms with Gasteiger partial charge in [-0.05, 0) is 45.2 Å². The Labute approximate surface area is 229 Å². The molecule has 0 atom stereocenters. The Bertz CT molecular complexity index is 1240. The fraction of sp³-hybridized carbons (Fsp3) is 0.517. The van der Waals surface area contributed by atoms with Crippen LogP contribution in [-0.4, -0.2) is 83.9 Å². The molecule has 2 aliphatic heterocycles. The second-order valence-electron chi connectivity index (χ2n) is 11.5. The number of rotatable bonds is 4. The van der Waals surface area contributed by atoms with E-state index >= 15 is 0 Å². The van der Waals surface area contributed by atoms with Crippen LogP contribution in [-0.2, 0) is 16.1 Å². The second kappa shape index (κ2) is 10.6. The van der Waals surface area contributed by atoms with Crippen molar-refractivity contribution in [2.24, 2.45) is 0 Å². The summed E-state index contributed by atoms with van der Waals surface area (Å²) in [6.07, 6.45) is 1.33. The summed E-state index contributed by atoms with van der Waals surface area (Å²) in [6, 6.07) is 15.7. The predicted octanol–water partition coefficient (Wildman–Crippen LogP) is 4.00. The van der Waals surface area contributed by atoms with Crippen LogP contribution in [0.3, 0.4) is 0 Å². The summed E-state index contributed by atoms with van der Waals surface area (Å²) in [5.74, 6) is 0.759. The Hall–Kier alpha value is -4.00. The van der Waals surface area contributed by atoms with E-state index in [1.54, 1.807) is 9.80 Å². The molecule has 3 fully saturated rings. The van der Waals surface area contributed by atoms with E-state index in [4.69, 9.17) is 9.47 Å². The molecule has 1 spiro atoms. The Morgan fingerprint density at radius 3 is 2.31 bits per heavy atom. The first-order chi connectivity index (χ1) is 18.7. The summed E-state index contributed by atoms with van der Waals surface area (Å²) >= 11 is 0. The molecule has 1 aromatic heterocycles. The first-order valence-electron chi connectivity index (χ1n) is 13.5. The van der Waals surface area contributed by atoms with Crippen LogP contribution in [0.5, 0.6) is 0 Å². The van der Waals surface area contributed by atoms with E-state index in [2.05, 4.69) is 20.9 Å². The Balaban J connectivity index is 1.23. The highest BCUT2D eigenvalue weighted by molar-refractivity contribution is 5.70. The number of hydrogen-bond acceptors (Lipinski definition) is 8. The van der Waals surface area contributed by atoms with Crippen molar-refractivity contribution in [3.63, 3.8) is 0 Å². The number of nitriles is 1. The van der Waals surface area contributed by atoms with Crippen molar-refractivity contribution in [1.82, 2.24) is 14.8 Å². The molecule has 39 heavy (non-hydrogen) atoms. The molecule has 5 rings (SSSR count). The number of piperazine rings is 2. The Morgan fingerprint density at radius 2 is 1.67 bits per heavy atom. The van der Waals surface area contributed by atoms with Crippen molar-refractivity contribution in [3.8, 4) is 6.07 Å². The molecular formula is C29H36N6O4. The van der Waals surface area contributed by atoms with Gasteiger partial charge in [-0.2, -0.15) is 5.26 Å². The molecule has 0 bridgehead atoms. The van der Waals surface area contributed by atoms with Crippen LogP contribution in [0, 0.1) is 11.3 Å². The van der Waals surface area contributed by atoms with E-state index in [0.717, 1.165) is 29.9 Å². The average molecular weight is 533 g/mol. The standard InChI is InChI=1S/C29H36N6O4/c1-28(2,3)39-27(37)34-15-16-35(29(21-34)9-10-29)25-18-24(17-23(19-30)31-25)32-11-13-33(14-12-32)26(36)38-20-22-7-5-4-6-8-22/h4-8,17-18H,9-16,20-21H2,1-3H3. The molecule has 10 nitrogen and oxygen atoms in total. The van der Waals surface area contributed by atoms with Gasteiger partial charge in [-0.25, -0.2) is 14.6 Å². The number of carbonyl (C=O) groups excluding carboxylic acids is 2. The van der Waals surface area contributed by atoms with Crippen molar-refractivity contribution in [2.75, 3.05) is 55.6 Å². The van der Waals surface area contributed by atoms with Crippen LogP contribution < -0.4 is 9.80 Å². The number of pyridine rings is 1. The van der Waals surface area contributed by atoms with E-state index in [1.807, 2.05) is 63.2 Å². The molecule has 3 heterocycles. The van der Waals surface area contributed by atoms with Gasteiger partial charge in [0.15, 0.2) is 0 Å². The highest BCUT2D eigenvalue weighted by Crippen LogP contribution is 2.46. The minimum atomic E-state index is -0.537. The number of carbonyl (C=O) groups is 2. The maximum atomic E-state index is 12.7. The van der Waals surface area contributed by atoms with Crippen LogP contribution >= 0.6 is 0 Å². The maximum Gasteiger partial charge on any atom is 0.410 e. The zero-order valence-corrected chi connectivity index (χ0v) is 22.9. The minimum absolute atomic E-state index is 0.172. The Morgan fingerprint density at radius 1 is 0.974 bits per heavy atom. The molecule has 2 amide bonds. The average Bonchev–Trinajstić information content (AvgIpc) is 3.70. The molecule has 2 saturated heterocycles. The van der Waals surface area contributed by atoms with E-state index in [0.29, 0.717) is 51.5 Å².